The highest BCUT2D eigenvalue weighted by atomic mass is 16.5. The van der Waals surface area contributed by atoms with Gasteiger partial charge in [-0.25, -0.2) is 0 Å². The zero-order valence-electron chi connectivity index (χ0n) is 9.01. The molecule has 15 heavy (non-hydrogen) atoms. The van der Waals surface area contributed by atoms with Crippen molar-refractivity contribution in [1.82, 2.24) is 4.98 Å². The van der Waals surface area contributed by atoms with Gasteiger partial charge in [-0.3, -0.25) is 9.78 Å². The standard InChI is InChI=1S/C11H16N2O2/c1-8(2)10(12)11(14)15-7-9-5-3-4-6-13-9/h3-6,8,10H,7,12H2,1-2H3. The Labute approximate surface area is 89.5 Å². The Morgan fingerprint density at radius 3 is 2.80 bits per heavy atom. The Kier molecular flexibility index (Phi) is 4.24. The molecule has 1 atom stereocenters. The number of aromatic nitrogens is 1. The van der Waals surface area contributed by atoms with E-state index < -0.39 is 6.04 Å². The Bertz CT molecular complexity index is 312. The van der Waals surface area contributed by atoms with Gasteiger partial charge in [0.1, 0.15) is 12.6 Å². The van der Waals surface area contributed by atoms with Gasteiger partial charge in [0.2, 0.25) is 0 Å². The van der Waals surface area contributed by atoms with Crippen LogP contribution in [0.25, 0.3) is 0 Å². The largest absolute Gasteiger partial charge is 0.458 e. The molecule has 2 N–H and O–H groups in total. The van der Waals surface area contributed by atoms with Gasteiger partial charge in [0, 0.05) is 6.20 Å². The lowest BCUT2D eigenvalue weighted by molar-refractivity contribution is -0.147. The molecule has 0 amide bonds. The Morgan fingerprint density at radius 2 is 2.27 bits per heavy atom. The molecule has 0 aliphatic rings. The molecule has 0 saturated carbocycles. The summed E-state index contributed by atoms with van der Waals surface area (Å²) in [7, 11) is 0. The molecule has 0 spiro atoms. The summed E-state index contributed by atoms with van der Waals surface area (Å²) in [5.41, 5.74) is 6.35. The number of carbonyl (C=O) groups excluding carboxylic acids is 1. The zero-order chi connectivity index (χ0) is 11.3. The van der Waals surface area contributed by atoms with Crippen LogP contribution in [-0.4, -0.2) is 17.0 Å². The molecule has 0 aliphatic carbocycles. The van der Waals surface area contributed by atoms with Crippen molar-refractivity contribution in [2.75, 3.05) is 0 Å². The number of nitrogens with zero attached hydrogens (tertiary/aromatic N) is 1. The molecule has 1 aromatic heterocycles. The van der Waals surface area contributed by atoms with Crippen LogP contribution in [0.2, 0.25) is 0 Å². The second kappa shape index (κ2) is 5.46. The van der Waals surface area contributed by atoms with E-state index in [1.165, 1.54) is 0 Å². The van der Waals surface area contributed by atoms with Gasteiger partial charge in [0.05, 0.1) is 5.69 Å². The third kappa shape index (κ3) is 3.67. The van der Waals surface area contributed by atoms with Crippen molar-refractivity contribution >= 4 is 5.97 Å². The normalized spacial score (nSPS) is 12.5. The first-order valence-corrected chi connectivity index (χ1v) is 4.93. The average molecular weight is 208 g/mol. The Hall–Kier alpha value is -1.42. The lowest BCUT2D eigenvalue weighted by Gasteiger charge is -2.13. The summed E-state index contributed by atoms with van der Waals surface area (Å²) >= 11 is 0. The first-order chi connectivity index (χ1) is 7.11. The fourth-order valence-electron chi connectivity index (χ4n) is 0.997. The van der Waals surface area contributed by atoms with Gasteiger partial charge in [-0.2, -0.15) is 0 Å². The van der Waals surface area contributed by atoms with Crippen molar-refractivity contribution in [3.8, 4) is 0 Å². The number of hydrogen-bond donors (Lipinski definition) is 1. The van der Waals surface area contributed by atoms with Gasteiger partial charge < -0.3 is 10.5 Å². The molecule has 0 aliphatic heterocycles. The monoisotopic (exact) mass is 208 g/mol. The number of hydrogen-bond acceptors (Lipinski definition) is 4. The lowest BCUT2D eigenvalue weighted by Crippen LogP contribution is -2.36. The molecule has 1 unspecified atom stereocenters. The highest BCUT2D eigenvalue weighted by Gasteiger charge is 2.18. The van der Waals surface area contributed by atoms with Crippen molar-refractivity contribution in [2.45, 2.75) is 26.5 Å². The van der Waals surface area contributed by atoms with Crippen LogP contribution in [0, 0.1) is 5.92 Å². The minimum Gasteiger partial charge on any atom is -0.458 e. The van der Waals surface area contributed by atoms with E-state index in [2.05, 4.69) is 4.98 Å². The summed E-state index contributed by atoms with van der Waals surface area (Å²) in [5, 5.41) is 0. The van der Waals surface area contributed by atoms with E-state index in [1.807, 2.05) is 26.0 Å². The van der Waals surface area contributed by atoms with Crippen LogP contribution in [-0.2, 0) is 16.1 Å². The van der Waals surface area contributed by atoms with E-state index in [0.717, 1.165) is 5.69 Å². The number of pyridine rings is 1. The van der Waals surface area contributed by atoms with Crippen LogP contribution in [0.4, 0.5) is 0 Å². The lowest BCUT2D eigenvalue weighted by atomic mass is 10.1. The first-order valence-electron chi connectivity index (χ1n) is 4.93. The highest BCUT2D eigenvalue weighted by Crippen LogP contribution is 2.03. The molecule has 1 aromatic rings. The van der Waals surface area contributed by atoms with Crippen molar-refractivity contribution in [1.29, 1.82) is 0 Å². The third-order valence-electron chi connectivity index (χ3n) is 2.08. The molecule has 82 valence electrons. The predicted molar refractivity (Wildman–Crippen MR) is 56.8 cm³/mol. The molecule has 1 heterocycles. The van der Waals surface area contributed by atoms with Crippen LogP contribution < -0.4 is 5.73 Å². The SMILES string of the molecule is CC(C)C(N)C(=O)OCc1ccccn1. The number of nitrogens with two attached hydrogens (primary N) is 1. The molecule has 0 saturated heterocycles. The fraction of sp³-hybridized carbons (Fsp3) is 0.455. The number of carbonyl (C=O) groups is 1. The van der Waals surface area contributed by atoms with Gasteiger partial charge in [-0.15, -0.1) is 0 Å². The van der Waals surface area contributed by atoms with Crippen molar-refractivity contribution in [2.24, 2.45) is 11.7 Å². The Morgan fingerprint density at radius 1 is 1.53 bits per heavy atom. The molecule has 1 rings (SSSR count). The molecule has 4 nitrogen and oxygen atoms in total. The van der Waals surface area contributed by atoms with Crippen LogP contribution >= 0.6 is 0 Å². The topological polar surface area (TPSA) is 65.2 Å². The summed E-state index contributed by atoms with van der Waals surface area (Å²) in [6, 6.07) is 4.89. The zero-order valence-corrected chi connectivity index (χ0v) is 9.01. The van der Waals surface area contributed by atoms with Crippen LogP contribution in [0.3, 0.4) is 0 Å². The van der Waals surface area contributed by atoms with E-state index in [-0.39, 0.29) is 18.5 Å². The molecule has 0 bridgehead atoms. The molecule has 4 heteroatoms. The maximum absolute atomic E-state index is 11.4. The summed E-state index contributed by atoms with van der Waals surface area (Å²) < 4.78 is 5.02. The number of esters is 1. The van der Waals surface area contributed by atoms with Crippen molar-refractivity contribution in [3.63, 3.8) is 0 Å². The summed E-state index contributed by atoms with van der Waals surface area (Å²) in [6.45, 7) is 3.94. The molecular formula is C11H16N2O2. The molecule has 0 radical (unpaired) electrons. The first kappa shape index (κ1) is 11.7. The fourth-order valence-corrected chi connectivity index (χ4v) is 0.997. The predicted octanol–water partition coefficient (Wildman–Crippen LogP) is 1.11. The number of rotatable bonds is 4. The van der Waals surface area contributed by atoms with Crippen molar-refractivity contribution < 1.29 is 9.53 Å². The van der Waals surface area contributed by atoms with Gasteiger partial charge in [0.25, 0.3) is 0 Å². The second-order valence-electron chi connectivity index (χ2n) is 3.70. The molecule has 0 fully saturated rings. The smallest absolute Gasteiger partial charge is 0.323 e. The van der Waals surface area contributed by atoms with E-state index >= 15 is 0 Å². The van der Waals surface area contributed by atoms with Crippen molar-refractivity contribution in [3.05, 3.63) is 30.1 Å². The quantitative estimate of drug-likeness (QED) is 0.753. The van der Waals surface area contributed by atoms with Crippen LogP contribution in [0.1, 0.15) is 19.5 Å². The summed E-state index contributed by atoms with van der Waals surface area (Å²) in [6.07, 6.45) is 1.66. The second-order valence-corrected chi connectivity index (χ2v) is 3.70. The van der Waals surface area contributed by atoms with Gasteiger partial charge in [-0.05, 0) is 18.1 Å². The van der Waals surface area contributed by atoms with Crippen LogP contribution in [0.15, 0.2) is 24.4 Å². The van der Waals surface area contributed by atoms with Crippen LogP contribution in [0.5, 0.6) is 0 Å². The number of ether oxygens (including phenoxy) is 1. The van der Waals surface area contributed by atoms with E-state index in [1.54, 1.807) is 12.3 Å². The van der Waals surface area contributed by atoms with E-state index in [4.69, 9.17) is 10.5 Å². The van der Waals surface area contributed by atoms with Gasteiger partial charge in [0.15, 0.2) is 0 Å². The molecular weight excluding hydrogens is 192 g/mol. The maximum atomic E-state index is 11.4. The van der Waals surface area contributed by atoms with Gasteiger partial charge >= 0.3 is 5.97 Å². The summed E-state index contributed by atoms with van der Waals surface area (Å²) in [5.74, 6) is -0.295. The van der Waals surface area contributed by atoms with E-state index in [0.29, 0.717) is 0 Å². The maximum Gasteiger partial charge on any atom is 0.323 e. The summed E-state index contributed by atoms with van der Waals surface area (Å²) in [4.78, 5) is 15.4. The van der Waals surface area contributed by atoms with E-state index in [9.17, 15) is 4.79 Å². The minimum absolute atomic E-state index is 0.0845. The molecule has 0 aromatic carbocycles. The highest BCUT2D eigenvalue weighted by molar-refractivity contribution is 5.75. The minimum atomic E-state index is -0.561. The Balaban J connectivity index is 2.41. The third-order valence-corrected chi connectivity index (χ3v) is 2.08. The average Bonchev–Trinajstić information content (AvgIpc) is 2.26. The van der Waals surface area contributed by atoms with Gasteiger partial charge in [-0.1, -0.05) is 19.9 Å².